The molecule has 2 rings (SSSR count). The van der Waals surface area contributed by atoms with E-state index in [1.54, 1.807) is 24.3 Å². The molecule has 1 aliphatic rings. The van der Waals surface area contributed by atoms with Crippen LogP contribution in [0.1, 0.15) is 43.5 Å². The average molecular weight is 261 g/mol. The first-order chi connectivity index (χ1) is 9.09. The number of phenols is 1. The van der Waals surface area contributed by atoms with E-state index in [1.807, 2.05) is 4.90 Å². The number of rotatable bonds is 2. The quantitative estimate of drug-likeness (QED) is 0.887. The van der Waals surface area contributed by atoms with E-state index in [9.17, 15) is 9.90 Å². The predicted octanol–water partition coefficient (Wildman–Crippen LogP) is 3.29. The highest BCUT2D eigenvalue weighted by molar-refractivity contribution is 5.96. The van der Waals surface area contributed by atoms with Gasteiger partial charge in [0.05, 0.1) is 5.56 Å². The molecule has 3 nitrogen and oxygen atoms in total. The maximum Gasteiger partial charge on any atom is 0.257 e. The zero-order chi connectivity index (χ0) is 13.8. The zero-order valence-electron chi connectivity index (χ0n) is 11.8. The molecule has 0 aromatic heterocycles. The minimum Gasteiger partial charge on any atom is -0.507 e. The van der Waals surface area contributed by atoms with Gasteiger partial charge in [-0.1, -0.05) is 26.0 Å². The number of hydrogen-bond donors (Lipinski definition) is 1. The first-order valence-electron chi connectivity index (χ1n) is 7.17. The van der Waals surface area contributed by atoms with Crippen LogP contribution < -0.4 is 0 Å². The summed E-state index contributed by atoms with van der Waals surface area (Å²) in [5, 5.41) is 9.77. The van der Waals surface area contributed by atoms with Crippen LogP contribution in [0.5, 0.6) is 5.75 Å². The lowest BCUT2D eigenvalue weighted by atomic mass is 9.89. The average Bonchev–Trinajstić information content (AvgIpc) is 2.64. The third-order valence-corrected chi connectivity index (χ3v) is 4.14. The summed E-state index contributed by atoms with van der Waals surface area (Å²) in [6, 6.07) is 6.80. The van der Waals surface area contributed by atoms with Crippen molar-refractivity contribution in [3.8, 4) is 5.75 Å². The highest BCUT2D eigenvalue weighted by atomic mass is 16.3. The second kappa shape index (κ2) is 6.09. The maximum absolute atomic E-state index is 12.4. The number of likely N-dealkylation sites (tertiary alicyclic amines) is 1. The van der Waals surface area contributed by atoms with Gasteiger partial charge in [-0.15, -0.1) is 0 Å². The molecule has 1 unspecified atom stereocenters. The number of carbonyl (C=O) groups excluding carboxylic acids is 1. The van der Waals surface area contributed by atoms with Gasteiger partial charge >= 0.3 is 0 Å². The molecule has 1 amide bonds. The molecule has 0 radical (unpaired) electrons. The van der Waals surface area contributed by atoms with Crippen molar-refractivity contribution in [1.82, 2.24) is 4.90 Å². The number of aromatic hydroxyl groups is 1. The Kier molecular flexibility index (Phi) is 4.46. The highest BCUT2D eigenvalue weighted by Gasteiger charge is 2.24. The van der Waals surface area contributed by atoms with E-state index in [-0.39, 0.29) is 11.7 Å². The number of benzene rings is 1. The van der Waals surface area contributed by atoms with Crippen LogP contribution in [0.4, 0.5) is 0 Å². The van der Waals surface area contributed by atoms with E-state index in [4.69, 9.17) is 0 Å². The van der Waals surface area contributed by atoms with Gasteiger partial charge in [-0.25, -0.2) is 0 Å². The molecule has 1 atom stereocenters. The maximum atomic E-state index is 12.4. The van der Waals surface area contributed by atoms with Gasteiger partial charge < -0.3 is 10.0 Å². The van der Waals surface area contributed by atoms with E-state index < -0.39 is 0 Å². The molecular formula is C16H23NO2. The second-order valence-corrected chi connectivity index (χ2v) is 5.74. The molecule has 0 bridgehead atoms. The first-order valence-corrected chi connectivity index (χ1v) is 7.17. The highest BCUT2D eigenvalue weighted by Crippen LogP contribution is 2.26. The Labute approximate surface area is 115 Å². The third-order valence-electron chi connectivity index (χ3n) is 4.14. The summed E-state index contributed by atoms with van der Waals surface area (Å²) in [7, 11) is 0. The fourth-order valence-electron chi connectivity index (χ4n) is 2.82. The standard InChI is InChI=1S/C16H23NO2/c1-12(2)13-6-5-10-17(11-9-13)16(19)14-7-3-4-8-15(14)18/h3-4,7-8,12-13,18H,5-6,9-11H2,1-2H3. The molecule has 1 N–H and O–H groups in total. The first kappa shape index (κ1) is 13.9. The molecule has 1 aromatic rings. The second-order valence-electron chi connectivity index (χ2n) is 5.74. The van der Waals surface area contributed by atoms with Crippen molar-refractivity contribution in [2.45, 2.75) is 33.1 Å². The van der Waals surface area contributed by atoms with Gasteiger partial charge in [0, 0.05) is 13.1 Å². The lowest BCUT2D eigenvalue weighted by Crippen LogP contribution is -2.32. The van der Waals surface area contributed by atoms with E-state index in [0.717, 1.165) is 25.9 Å². The van der Waals surface area contributed by atoms with Gasteiger partial charge in [0.25, 0.3) is 5.91 Å². The Balaban J connectivity index is 2.06. The molecule has 0 aliphatic carbocycles. The van der Waals surface area contributed by atoms with Crippen molar-refractivity contribution in [1.29, 1.82) is 0 Å². The van der Waals surface area contributed by atoms with Crippen molar-refractivity contribution >= 4 is 5.91 Å². The van der Waals surface area contributed by atoms with Gasteiger partial charge in [0.1, 0.15) is 5.75 Å². The Morgan fingerprint density at radius 2 is 2.00 bits per heavy atom. The summed E-state index contributed by atoms with van der Waals surface area (Å²) in [6.07, 6.45) is 3.32. The number of para-hydroxylation sites is 1. The van der Waals surface area contributed by atoms with Crippen LogP contribution in [0.2, 0.25) is 0 Å². The summed E-state index contributed by atoms with van der Waals surface area (Å²) in [5.41, 5.74) is 0.422. The van der Waals surface area contributed by atoms with Gasteiger partial charge in [0.2, 0.25) is 0 Å². The van der Waals surface area contributed by atoms with Crippen LogP contribution in [0, 0.1) is 11.8 Å². The van der Waals surface area contributed by atoms with Crippen molar-refractivity contribution in [3.63, 3.8) is 0 Å². The van der Waals surface area contributed by atoms with Crippen LogP contribution >= 0.6 is 0 Å². The van der Waals surface area contributed by atoms with Crippen LogP contribution in [-0.4, -0.2) is 29.0 Å². The molecule has 3 heteroatoms. The summed E-state index contributed by atoms with van der Waals surface area (Å²) in [4.78, 5) is 14.3. The van der Waals surface area contributed by atoms with Crippen LogP contribution in [0.15, 0.2) is 24.3 Å². The molecular weight excluding hydrogens is 238 g/mol. The smallest absolute Gasteiger partial charge is 0.257 e. The molecule has 1 aliphatic heterocycles. The fraction of sp³-hybridized carbons (Fsp3) is 0.562. The van der Waals surface area contributed by atoms with Gasteiger partial charge in [-0.3, -0.25) is 4.79 Å². The number of amides is 1. The van der Waals surface area contributed by atoms with Crippen LogP contribution in [0.3, 0.4) is 0 Å². The molecule has 1 saturated heterocycles. The Morgan fingerprint density at radius 3 is 2.68 bits per heavy atom. The van der Waals surface area contributed by atoms with Gasteiger partial charge in [-0.05, 0) is 43.2 Å². The fourth-order valence-corrected chi connectivity index (χ4v) is 2.82. The number of nitrogens with zero attached hydrogens (tertiary/aromatic N) is 1. The Hall–Kier alpha value is -1.51. The Morgan fingerprint density at radius 1 is 1.26 bits per heavy atom. The largest absolute Gasteiger partial charge is 0.507 e. The van der Waals surface area contributed by atoms with Gasteiger partial charge in [0.15, 0.2) is 0 Å². The van der Waals surface area contributed by atoms with E-state index in [0.29, 0.717) is 17.4 Å². The molecule has 1 aromatic carbocycles. The zero-order valence-corrected chi connectivity index (χ0v) is 11.8. The molecule has 104 valence electrons. The van der Waals surface area contributed by atoms with Crippen molar-refractivity contribution in [2.75, 3.05) is 13.1 Å². The van der Waals surface area contributed by atoms with Crippen molar-refractivity contribution in [3.05, 3.63) is 29.8 Å². The van der Waals surface area contributed by atoms with Crippen molar-refractivity contribution in [2.24, 2.45) is 11.8 Å². The Bertz CT molecular complexity index is 442. The van der Waals surface area contributed by atoms with E-state index in [2.05, 4.69) is 13.8 Å². The monoisotopic (exact) mass is 261 g/mol. The summed E-state index contributed by atoms with van der Waals surface area (Å²) in [6.45, 7) is 6.11. The SMILES string of the molecule is CC(C)C1CCCN(C(=O)c2ccccc2O)CC1. The summed E-state index contributed by atoms with van der Waals surface area (Å²) < 4.78 is 0. The number of phenolic OH excluding ortho intramolecular Hbond substituents is 1. The lowest BCUT2D eigenvalue weighted by Gasteiger charge is -2.22. The van der Waals surface area contributed by atoms with Gasteiger partial charge in [-0.2, -0.15) is 0 Å². The topological polar surface area (TPSA) is 40.5 Å². The van der Waals surface area contributed by atoms with Crippen LogP contribution in [0.25, 0.3) is 0 Å². The summed E-state index contributed by atoms with van der Waals surface area (Å²) in [5.74, 6) is 1.43. The third kappa shape index (κ3) is 3.28. The predicted molar refractivity (Wildman–Crippen MR) is 76.2 cm³/mol. The molecule has 1 fully saturated rings. The lowest BCUT2D eigenvalue weighted by molar-refractivity contribution is 0.0756. The van der Waals surface area contributed by atoms with E-state index >= 15 is 0 Å². The normalized spacial score (nSPS) is 20.4. The van der Waals surface area contributed by atoms with Crippen LogP contribution in [-0.2, 0) is 0 Å². The summed E-state index contributed by atoms with van der Waals surface area (Å²) >= 11 is 0. The minimum absolute atomic E-state index is 0.0393. The molecule has 1 heterocycles. The molecule has 0 spiro atoms. The number of hydrogen-bond acceptors (Lipinski definition) is 2. The molecule has 0 saturated carbocycles. The van der Waals surface area contributed by atoms with Crippen molar-refractivity contribution < 1.29 is 9.90 Å². The molecule has 19 heavy (non-hydrogen) atoms. The number of carbonyl (C=O) groups is 1. The van der Waals surface area contributed by atoms with E-state index in [1.165, 1.54) is 6.42 Å². The minimum atomic E-state index is -0.0393.